The highest BCUT2D eigenvalue weighted by Crippen LogP contribution is 2.13. The second-order valence-electron chi connectivity index (χ2n) is 3.55. The van der Waals surface area contributed by atoms with Gasteiger partial charge in [-0.3, -0.25) is 9.48 Å². The average Bonchev–Trinajstić information content (AvgIpc) is 2.99. The summed E-state index contributed by atoms with van der Waals surface area (Å²) in [5, 5.41) is 8.25. The zero-order valence-electron chi connectivity index (χ0n) is 10.4. The van der Waals surface area contributed by atoms with Crippen LogP contribution in [0.5, 0.6) is 0 Å². The molecule has 0 aliphatic rings. The van der Waals surface area contributed by atoms with Gasteiger partial charge >= 0.3 is 5.97 Å². The predicted octanol–water partition coefficient (Wildman–Crippen LogP) is 1.31. The minimum absolute atomic E-state index is 0.164. The third-order valence-electron chi connectivity index (χ3n) is 2.25. The van der Waals surface area contributed by atoms with Crippen LogP contribution in [-0.4, -0.2) is 33.2 Å². The SMILES string of the molecule is CCOC(=O)c1nc(C(=O)Nc2ccnn2C)cs1. The number of rotatable bonds is 4. The molecule has 2 aromatic heterocycles. The van der Waals surface area contributed by atoms with Gasteiger partial charge in [-0.2, -0.15) is 5.10 Å². The maximum absolute atomic E-state index is 11.9. The molecule has 0 saturated carbocycles. The Bertz CT molecular complexity index is 605. The van der Waals surface area contributed by atoms with Crippen LogP contribution in [0.1, 0.15) is 27.2 Å². The zero-order chi connectivity index (χ0) is 13.8. The summed E-state index contributed by atoms with van der Waals surface area (Å²) < 4.78 is 6.33. The largest absolute Gasteiger partial charge is 0.461 e. The maximum Gasteiger partial charge on any atom is 0.367 e. The molecule has 0 atom stereocenters. The van der Waals surface area contributed by atoms with E-state index in [-0.39, 0.29) is 17.3 Å². The van der Waals surface area contributed by atoms with Crippen molar-refractivity contribution in [3.05, 3.63) is 28.3 Å². The summed E-state index contributed by atoms with van der Waals surface area (Å²) in [5.41, 5.74) is 0.175. The van der Waals surface area contributed by atoms with Crippen molar-refractivity contribution in [2.24, 2.45) is 7.05 Å². The summed E-state index contributed by atoms with van der Waals surface area (Å²) in [6, 6.07) is 1.66. The highest BCUT2D eigenvalue weighted by molar-refractivity contribution is 7.11. The molecule has 0 bridgehead atoms. The van der Waals surface area contributed by atoms with E-state index in [1.54, 1.807) is 26.2 Å². The lowest BCUT2D eigenvalue weighted by Gasteiger charge is -2.02. The third kappa shape index (κ3) is 2.97. The van der Waals surface area contributed by atoms with E-state index in [0.29, 0.717) is 5.82 Å². The number of carbonyl (C=O) groups excluding carboxylic acids is 2. The van der Waals surface area contributed by atoms with Gasteiger partial charge in [0.15, 0.2) is 0 Å². The van der Waals surface area contributed by atoms with E-state index in [2.05, 4.69) is 15.4 Å². The quantitative estimate of drug-likeness (QED) is 0.853. The lowest BCUT2D eigenvalue weighted by molar-refractivity contribution is 0.0526. The standard InChI is InChI=1S/C11H12N4O3S/c1-3-18-11(17)10-13-7(6-19-10)9(16)14-8-4-5-12-15(8)2/h4-6H,3H2,1-2H3,(H,14,16). The smallest absolute Gasteiger partial charge is 0.367 e. The van der Waals surface area contributed by atoms with Gasteiger partial charge in [-0.05, 0) is 6.92 Å². The summed E-state index contributed by atoms with van der Waals surface area (Å²) in [7, 11) is 1.71. The fourth-order valence-electron chi connectivity index (χ4n) is 1.34. The molecule has 0 aliphatic carbocycles. The van der Waals surface area contributed by atoms with E-state index in [0.717, 1.165) is 11.3 Å². The van der Waals surface area contributed by atoms with Crippen molar-refractivity contribution in [1.29, 1.82) is 0 Å². The van der Waals surface area contributed by atoms with E-state index in [1.165, 1.54) is 10.1 Å². The Labute approximate surface area is 113 Å². The first-order valence-corrected chi connectivity index (χ1v) is 6.41. The number of nitrogens with one attached hydrogen (secondary N) is 1. The molecule has 0 radical (unpaired) electrons. The number of amides is 1. The Morgan fingerprint density at radius 2 is 2.32 bits per heavy atom. The molecular weight excluding hydrogens is 268 g/mol. The molecule has 0 fully saturated rings. The molecule has 1 amide bonds. The minimum atomic E-state index is -0.521. The number of esters is 1. The zero-order valence-corrected chi connectivity index (χ0v) is 11.2. The van der Waals surface area contributed by atoms with Crippen molar-refractivity contribution >= 4 is 29.0 Å². The number of hydrogen-bond acceptors (Lipinski definition) is 6. The fraction of sp³-hybridized carbons (Fsp3) is 0.273. The van der Waals surface area contributed by atoms with Gasteiger partial charge in [0.1, 0.15) is 11.5 Å². The molecule has 1 N–H and O–H groups in total. The van der Waals surface area contributed by atoms with Crippen molar-refractivity contribution in [3.63, 3.8) is 0 Å². The highest BCUT2D eigenvalue weighted by atomic mass is 32.1. The van der Waals surface area contributed by atoms with Gasteiger partial charge in [0.25, 0.3) is 5.91 Å². The summed E-state index contributed by atoms with van der Waals surface area (Å²) in [4.78, 5) is 27.3. The molecule has 2 aromatic rings. The normalized spacial score (nSPS) is 10.2. The number of hydrogen-bond donors (Lipinski definition) is 1. The molecule has 0 spiro atoms. The Kier molecular flexibility index (Phi) is 3.91. The van der Waals surface area contributed by atoms with E-state index >= 15 is 0 Å². The lowest BCUT2D eigenvalue weighted by Crippen LogP contribution is -2.15. The summed E-state index contributed by atoms with van der Waals surface area (Å²) >= 11 is 1.07. The van der Waals surface area contributed by atoms with E-state index in [1.807, 2.05) is 0 Å². The second-order valence-corrected chi connectivity index (χ2v) is 4.41. The van der Waals surface area contributed by atoms with Crippen LogP contribution < -0.4 is 5.32 Å². The first-order valence-electron chi connectivity index (χ1n) is 5.53. The molecule has 0 aromatic carbocycles. The molecular formula is C11H12N4O3S. The van der Waals surface area contributed by atoms with Gasteiger partial charge in [-0.15, -0.1) is 11.3 Å². The molecule has 7 nitrogen and oxygen atoms in total. The number of thiazole rings is 1. The number of aromatic nitrogens is 3. The Morgan fingerprint density at radius 3 is 2.95 bits per heavy atom. The molecule has 19 heavy (non-hydrogen) atoms. The van der Waals surface area contributed by atoms with Crippen molar-refractivity contribution in [1.82, 2.24) is 14.8 Å². The number of aryl methyl sites for hydroxylation is 1. The fourth-order valence-corrected chi connectivity index (χ4v) is 2.03. The topological polar surface area (TPSA) is 86.1 Å². The minimum Gasteiger partial charge on any atom is -0.461 e. The summed E-state index contributed by atoms with van der Waals surface area (Å²) in [6.07, 6.45) is 1.57. The third-order valence-corrected chi connectivity index (χ3v) is 3.07. The van der Waals surface area contributed by atoms with Gasteiger partial charge in [0.05, 0.1) is 12.8 Å². The summed E-state index contributed by atoms with van der Waals surface area (Å²) in [6.45, 7) is 1.98. The number of anilines is 1. The number of ether oxygens (including phenoxy) is 1. The highest BCUT2D eigenvalue weighted by Gasteiger charge is 2.17. The number of nitrogens with zero attached hydrogens (tertiary/aromatic N) is 3. The van der Waals surface area contributed by atoms with Gasteiger partial charge < -0.3 is 10.1 Å². The Balaban J connectivity index is 2.08. The van der Waals surface area contributed by atoms with Crippen LogP contribution in [0.3, 0.4) is 0 Å². The van der Waals surface area contributed by atoms with Crippen LogP contribution in [0, 0.1) is 0 Å². The molecule has 100 valence electrons. The predicted molar refractivity (Wildman–Crippen MR) is 69.2 cm³/mol. The second kappa shape index (κ2) is 5.61. The molecule has 8 heteroatoms. The van der Waals surface area contributed by atoms with Gasteiger partial charge in [0.2, 0.25) is 5.01 Å². The maximum atomic E-state index is 11.9. The van der Waals surface area contributed by atoms with Crippen LogP contribution in [0.25, 0.3) is 0 Å². The first kappa shape index (κ1) is 13.2. The van der Waals surface area contributed by atoms with Gasteiger partial charge in [0, 0.05) is 18.5 Å². The lowest BCUT2D eigenvalue weighted by atomic mass is 10.4. The Hall–Kier alpha value is -2.22. The Morgan fingerprint density at radius 1 is 1.53 bits per heavy atom. The van der Waals surface area contributed by atoms with Crippen molar-refractivity contribution in [2.45, 2.75) is 6.92 Å². The number of carbonyl (C=O) groups is 2. The molecule has 2 rings (SSSR count). The van der Waals surface area contributed by atoms with Crippen molar-refractivity contribution in [3.8, 4) is 0 Å². The van der Waals surface area contributed by atoms with Crippen LogP contribution in [0.15, 0.2) is 17.6 Å². The van der Waals surface area contributed by atoms with Crippen molar-refractivity contribution < 1.29 is 14.3 Å². The first-order chi connectivity index (χ1) is 9.11. The molecule has 0 aliphatic heterocycles. The van der Waals surface area contributed by atoms with Gasteiger partial charge in [-0.25, -0.2) is 9.78 Å². The molecule has 0 saturated heterocycles. The van der Waals surface area contributed by atoms with Crippen molar-refractivity contribution in [2.75, 3.05) is 11.9 Å². The van der Waals surface area contributed by atoms with Crippen LogP contribution in [0.4, 0.5) is 5.82 Å². The molecule has 0 unspecified atom stereocenters. The van der Waals surface area contributed by atoms with Crippen LogP contribution >= 0.6 is 11.3 Å². The monoisotopic (exact) mass is 280 g/mol. The van der Waals surface area contributed by atoms with Gasteiger partial charge in [-0.1, -0.05) is 0 Å². The van der Waals surface area contributed by atoms with E-state index < -0.39 is 11.9 Å². The van der Waals surface area contributed by atoms with Crippen LogP contribution in [0.2, 0.25) is 0 Å². The van der Waals surface area contributed by atoms with Crippen LogP contribution in [-0.2, 0) is 11.8 Å². The van der Waals surface area contributed by atoms with E-state index in [4.69, 9.17) is 4.74 Å². The van der Waals surface area contributed by atoms with E-state index in [9.17, 15) is 9.59 Å². The summed E-state index contributed by atoms with van der Waals surface area (Å²) in [5.74, 6) is -0.363. The molecule has 2 heterocycles. The average molecular weight is 280 g/mol.